The first-order valence-electron chi connectivity index (χ1n) is 16.6. The highest BCUT2D eigenvalue weighted by Crippen LogP contribution is 2.43. The van der Waals surface area contributed by atoms with Gasteiger partial charge in [0.2, 0.25) is 0 Å². The van der Waals surface area contributed by atoms with Crippen LogP contribution >= 0.6 is 15.9 Å². The molecule has 7 aromatic carbocycles. The van der Waals surface area contributed by atoms with Crippen LogP contribution in [0.4, 0.5) is 11.4 Å². The van der Waals surface area contributed by atoms with Crippen molar-refractivity contribution >= 4 is 88.0 Å². The van der Waals surface area contributed by atoms with Gasteiger partial charge >= 0.3 is 0 Å². The van der Waals surface area contributed by atoms with Crippen molar-refractivity contribution in [2.75, 3.05) is 4.31 Å². The van der Waals surface area contributed by atoms with Crippen LogP contribution in [0, 0.1) is 6.92 Å². The maximum absolute atomic E-state index is 15.0. The average Bonchev–Trinajstić information content (AvgIpc) is 3.49. The molecule has 0 saturated heterocycles. The third-order valence-electron chi connectivity index (χ3n) is 9.99. The minimum atomic E-state index is -4.06. The zero-order valence-electron chi connectivity index (χ0n) is 27.2. The van der Waals surface area contributed by atoms with Gasteiger partial charge in [-0.05, 0) is 86.1 Å². The first kappa shape index (κ1) is 30.8. The molecule has 0 fully saturated rings. The fraction of sp³-hybridized carbons (Fsp3) is 0.0233. The summed E-state index contributed by atoms with van der Waals surface area (Å²) in [5.74, 6) is 0. The highest BCUT2D eigenvalue weighted by molar-refractivity contribution is 9.10. The van der Waals surface area contributed by atoms with E-state index >= 15 is 8.42 Å². The van der Waals surface area contributed by atoms with Crippen LogP contribution in [0.2, 0.25) is 0 Å². The Morgan fingerprint density at radius 1 is 0.560 bits per heavy atom. The van der Waals surface area contributed by atoms with Gasteiger partial charge in [-0.3, -0.25) is 0 Å². The van der Waals surface area contributed by atoms with E-state index in [1.165, 1.54) is 21.1 Å². The molecule has 0 saturated carbocycles. The molecule has 9 rings (SSSR count). The molecule has 0 radical (unpaired) electrons. The predicted molar refractivity (Wildman–Crippen MR) is 213 cm³/mol. The summed E-state index contributed by atoms with van der Waals surface area (Å²) in [6, 6.07) is 57.8. The fourth-order valence-corrected chi connectivity index (χ4v) is 15.6. The van der Waals surface area contributed by atoms with E-state index in [1.54, 1.807) is 16.4 Å². The van der Waals surface area contributed by atoms with Gasteiger partial charge in [-0.1, -0.05) is 133 Å². The number of para-hydroxylation sites is 3. The Kier molecular flexibility index (Phi) is 7.21. The van der Waals surface area contributed by atoms with E-state index in [2.05, 4.69) is 136 Å². The molecule has 242 valence electrons. The predicted octanol–water partition coefficient (Wildman–Crippen LogP) is 8.07. The molecule has 0 bridgehead atoms. The van der Waals surface area contributed by atoms with Crippen molar-refractivity contribution < 1.29 is 8.42 Å². The van der Waals surface area contributed by atoms with Crippen LogP contribution in [0.15, 0.2) is 179 Å². The normalized spacial score (nSPS) is 13.7. The summed E-state index contributed by atoms with van der Waals surface area (Å²) in [7, 11) is -7.23. The van der Waals surface area contributed by atoms with Crippen LogP contribution in [0.5, 0.6) is 0 Å². The molecule has 0 unspecified atom stereocenters. The Labute approximate surface area is 301 Å². The van der Waals surface area contributed by atoms with Crippen LogP contribution < -0.4 is 25.1 Å². The molecular weight excluding hydrogens is 717 g/mol. The number of nitrogens with zero attached hydrogens (tertiary/aromatic N) is 2. The van der Waals surface area contributed by atoms with Crippen LogP contribution in [0.3, 0.4) is 0 Å². The van der Waals surface area contributed by atoms with Crippen molar-refractivity contribution in [1.82, 2.24) is 4.57 Å². The SMILES string of the molecule is Cc1ccc(S(=O)(=O)N2c3ccccc3[Si](c3ccccc3)(c3ccccc3)c3cc(-n4c5ccccc5c5ccccc54)cc(Br)c32)cc1. The van der Waals surface area contributed by atoms with E-state index in [-0.39, 0.29) is 4.90 Å². The number of halogens is 1. The Balaban J connectivity index is 1.47. The lowest BCUT2D eigenvalue weighted by Crippen LogP contribution is -2.77. The number of rotatable bonds is 5. The molecule has 50 heavy (non-hydrogen) atoms. The highest BCUT2D eigenvalue weighted by atomic mass is 79.9. The molecule has 8 aromatic rings. The third-order valence-corrected chi connectivity index (χ3v) is 17.1. The molecule has 1 aliphatic heterocycles. The number of aryl methyl sites for hydroxylation is 1. The van der Waals surface area contributed by atoms with Crippen molar-refractivity contribution in [3.8, 4) is 5.69 Å². The van der Waals surface area contributed by atoms with Gasteiger partial charge in [0.15, 0.2) is 8.07 Å². The van der Waals surface area contributed by atoms with E-state index in [9.17, 15) is 0 Å². The molecule has 0 amide bonds. The quantitative estimate of drug-likeness (QED) is 0.167. The third kappa shape index (κ3) is 4.44. The van der Waals surface area contributed by atoms with E-state index in [0.717, 1.165) is 32.7 Å². The van der Waals surface area contributed by atoms with Crippen molar-refractivity contribution in [2.45, 2.75) is 11.8 Å². The number of aromatic nitrogens is 1. The molecule has 0 aliphatic carbocycles. The van der Waals surface area contributed by atoms with Crippen molar-refractivity contribution in [3.63, 3.8) is 0 Å². The standard InChI is InChI=1S/C43H31BrN2O2SSi/c1-30-24-26-32(27-25-30)49(47,48)46-40-22-12-13-23-41(40)50(33-14-4-2-5-15-33,34-16-6-3-7-17-34)42-29-31(28-37(44)43(42)46)45-38-20-10-8-18-35(38)36-19-9-11-21-39(36)45/h2-29H,1H3. The minimum absolute atomic E-state index is 0.246. The Morgan fingerprint density at radius 2 is 1.08 bits per heavy atom. The number of benzene rings is 7. The van der Waals surface area contributed by atoms with Gasteiger partial charge in [0.25, 0.3) is 10.0 Å². The van der Waals surface area contributed by atoms with Crippen LogP contribution in [0.25, 0.3) is 27.5 Å². The van der Waals surface area contributed by atoms with Gasteiger partial charge in [0.1, 0.15) is 0 Å². The van der Waals surface area contributed by atoms with Gasteiger partial charge in [0, 0.05) is 20.9 Å². The van der Waals surface area contributed by atoms with E-state index < -0.39 is 18.1 Å². The topological polar surface area (TPSA) is 42.3 Å². The lowest BCUT2D eigenvalue weighted by Gasteiger charge is -2.45. The van der Waals surface area contributed by atoms with Crippen molar-refractivity contribution in [2.24, 2.45) is 0 Å². The maximum Gasteiger partial charge on any atom is 0.268 e. The molecule has 0 atom stereocenters. The average molecular weight is 748 g/mol. The van der Waals surface area contributed by atoms with Crippen LogP contribution in [0.1, 0.15) is 5.56 Å². The Bertz CT molecular complexity index is 2600. The van der Waals surface area contributed by atoms with E-state index in [4.69, 9.17) is 0 Å². The first-order chi connectivity index (χ1) is 24.4. The second-order valence-corrected chi connectivity index (χ2v) is 19.1. The number of hydrogen-bond acceptors (Lipinski definition) is 2. The number of fused-ring (bicyclic) bond motifs is 5. The van der Waals surface area contributed by atoms with Crippen LogP contribution in [-0.2, 0) is 10.0 Å². The molecule has 1 aromatic heterocycles. The lowest BCUT2D eigenvalue weighted by molar-refractivity contribution is 0.596. The molecular formula is C43H31BrN2O2SSi. The van der Waals surface area contributed by atoms with Crippen molar-refractivity contribution in [1.29, 1.82) is 0 Å². The lowest BCUT2D eigenvalue weighted by atomic mass is 10.2. The Hall–Kier alpha value is -5.21. The smallest absolute Gasteiger partial charge is 0.268 e. The summed E-state index contributed by atoms with van der Waals surface area (Å²) in [5, 5.41) is 6.71. The van der Waals surface area contributed by atoms with Crippen molar-refractivity contribution in [3.05, 3.63) is 180 Å². The van der Waals surface area contributed by atoms with Crippen LogP contribution in [-0.4, -0.2) is 21.1 Å². The zero-order chi connectivity index (χ0) is 34.0. The van der Waals surface area contributed by atoms with E-state index in [0.29, 0.717) is 15.8 Å². The largest absolute Gasteiger partial charge is 0.309 e. The second kappa shape index (κ2) is 11.7. The number of hydrogen-bond donors (Lipinski definition) is 0. The van der Waals surface area contributed by atoms with Gasteiger partial charge in [-0.15, -0.1) is 0 Å². The summed E-state index contributed by atoms with van der Waals surface area (Å²) in [6.45, 7) is 1.97. The van der Waals surface area contributed by atoms with Gasteiger partial charge in [-0.25, -0.2) is 12.7 Å². The van der Waals surface area contributed by atoms with Gasteiger partial charge in [0.05, 0.1) is 27.3 Å². The summed E-state index contributed by atoms with van der Waals surface area (Å²) < 4.78 is 34.7. The maximum atomic E-state index is 15.0. The highest BCUT2D eigenvalue weighted by Gasteiger charge is 2.51. The summed E-state index contributed by atoms with van der Waals surface area (Å²) in [5.41, 5.74) is 5.46. The Morgan fingerprint density at radius 3 is 1.68 bits per heavy atom. The number of anilines is 2. The molecule has 1 aliphatic rings. The summed E-state index contributed by atoms with van der Waals surface area (Å²) in [4.78, 5) is 0.246. The second-order valence-electron chi connectivity index (χ2n) is 12.8. The van der Waals surface area contributed by atoms with E-state index in [1.807, 2.05) is 49.4 Å². The van der Waals surface area contributed by atoms with Gasteiger partial charge < -0.3 is 4.57 Å². The molecule has 0 N–H and O–H groups in total. The molecule has 0 spiro atoms. The molecule has 4 nitrogen and oxygen atoms in total. The zero-order valence-corrected chi connectivity index (χ0v) is 30.6. The fourth-order valence-electron chi connectivity index (χ4n) is 7.87. The minimum Gasteiger partial charge on any atom is -0.309 e. The first-order valence-corrected chi connectivity index (χ1v) is 20.8. The van der Waals surface area contributed by atoms with Gasteiger partial charge in [-0.2, -0.15) is 0 Å². The molecule has 7 heteroatoms. The number of sulfonamides is 1. The monoisotopic (exact) mass is 746 g/mol. The summed E-state index contributed by atoms with van der Waals surface area (Å²) in [6.07, 6.45) is 0. The summed E-state index contributed by atoms with van der Waals surface area (Å²) >= 11 is 4.02. The molecule has 2 heterocycles.